The smallest absolute Gasteiger partial charge is 0.330 e. The Morgan fingerprint density at radius 1 is 1.21 bits per heavy atom. The lowest BCUT2D eigenvalue weighted by molar-refractivity contribution is 0.0985. The van der Waals surface area contributed by atoms with Crippen LogP contribution in [0.3, 0.4) is 0 Å². The first-order valence-corrected chi connectivity index (χ1v) is 9.38. The van der Waals surface area contributed by atoms with Crippen molar-refractivity contribution in [2.24, 2.45) is 0 Å². The second-order valence-electron chi connectivity index (χ2n) is 6.85. The van der Waals surface area contributed by atoms with E-state index in [2.05, 4.69) is 4.98 Å². The molecule has 0 aliphatic rings. The Hall–Kier alpha value is -3.55. The predicted octanol–water partition coefficient (Wildman–Crippen LogP) is 2.43. The summed E-state index contributed by atoms with van der Waals surface area (Å²) in [5.74, 6) is 0.602. The summed E-state index contributed by atoms with van der Waals surface area (Å²) in [6, 6.07) is 10.9. The Morgan fingerprint density at radius 2 is 1.90 bits per heavy atom. The van der Waals surface area contributed by atoms with Gasteiger partial charge in [0.25, 0.3) is 11.5 Å². The third-order valence-electron chi connectivity index (χ3n) is 4.63. The number of anilines is 2. The normalized spacial score (nSPS) is 10.9. The molecule has 0 fully saturated rings. The number of nitrogens with one attached hydrogen (secondary N) is 1. The topological polar surface area (TPSA) is 114 Å². The highest BCUT2D eigenvalue weighted by Crippen LogP contribution is 2.23. The van der Waals surface area contributed by atoms with Gasteiger partial charge in [0.2, 0.25) is 0 Å². The highest BCUT2D eigenvalue weighted by Gasteiger charge is 2.27. The van der Waals surface area contributed by atoms with Gasteiger partial charge in [0.05, 0.1) is 12.1 Å². The minimum absolute atomic E-state index is 0.0364. The molecule has 3 N–H and O–H groups in total. The minimum atomic E-state index is -0.698. The highest BCUT2D eigenvalue weighted by atomic mass is 16.3. The van der Waals surface area contributed by atoms with E-state index in [0.29, 0.717) is 23.5 Å². The van der Waals surface area contributed by atoms with Crippen molar-refractivity contribution in [2.45, 2.75) is 33.7 Å². The van der Waals surface area contributed by atoms with E-state index in [0.717, 1.165) is 5.56 Å². The number of nitrogen functional groups attached to an aromatic ring is 1. The molecule has 3 rings (SSSR count). The molecule has 1 amide bonds. The second-order valence-corrected chi connectivity index (χ2v) is 6.85. The van der Waals surface area contributed by atoms with Crippen LogP contribution in [-0.2, 0) is 6.54 Å². The van der Waals surface area contributed by atoms with Crippen molar-refractivity contribution in [3.63, 3.8) is 0 Å². The number of aryl methyl sites for hydroxylation is 2. The number of carbonyl (C=O) groups is 1. The zero-order valence-corrected chi connectivity index (χ0v) is 16.7. The predicted molar refractivity (Wildman–Crippen MR) is 111 cm³/mol. The number of benzene rings is 1. The van der Waals surface area contributed by atoms with Gasteiger partial charge in [-0.1, -0.05) is 37.3 Å². The van der Waals surface area contributed by atoms with Crippen LogP contribution in [0.15, 0.2) is 50.4 Å². The molecule has 1 aromatic carbocycles. The molecule has 0 aliphatic carbocycles. The number of nitrogens with zero attached hydrogens (tertiary/aromatic N) is 2. The van der Waals surface area contributed by atoms with Crippen molar-refractivity contribution in [2.75, 3.05) is 17.2 Å². The van der Waals surface area contributed by atoms with E-state index >= 15 is 0 Å². The van der Waals surface area contributed by atoms with Crippen LogP contribution in [0.25, 0.3) is 0 Å². The average Bonchev–Trinajstić information content (AvgIpc) is 3.02. The van der Waals surface area contributed by atoms with Gasteiger partial charge < -0.3 is 15.1 Å². The summed E-state index contributed by atoms with van der Waals surface area (Å²) >= 11 is 0. The summed E-state index contributed by atoms with van der Waals surface area (Å²) in [5, 5.41) is 0. The molecule has 8 heteroatoms. The number of nitrogens with two attached hydrogens (primary N) is 1. The van der Waals surface area contributed by atoms with Crippen LogP contribution in [0, 0.1) is 13.8 Å². The number of amides is 1. The van der Waals surface area contributed by atoms with Gasteiger partial charge in [-0.2, -0.15) is 0 Å². The third-order valence-corrected chi connectivity index (χ3v) is 4.63. The van der Waals surface area contributed by atoms with Crippen LogP contribution in [0.1, 0.15) is 40.8 Å². The molecule has 0 atom stereocenters. The van der Waals surface area contributed by atoms with Crippen molar-refractivity contribution in [3.8, 4) is 0 Å². The molecule has 0 aliphatic heterocycles. The zero-order valence-electron chi connectivity index (χ0n) is 16.7. The highest BCUT2D eigenvalue weighted by molar-refractivity contribution is 6.07. The maximum Gasteiger partial charge on any atom is 0.330 e. The number of carbonyl (C=O) groups excluding carboxylic acids is 1. The largest absolute Gasteiger partial charge is 0.466 e. The van der Waals surface area contributed by atoms with Crippen molar-refractivity contribution < 1.29 is 9.21 Å². The van der Waals surface area contributed by atoms with Gasteiger partial charge in [-0.3, -0.25) is 19.1 Å². The fourth-order valence-electron chi connectivity index (χ4n) is 3.29. The molecule has 0 bridgehead atoms. The van der Waals surface area contributed by atoms with E-state index in [-0.39, 0.29) is 24.6 Å². The Balaban J connectivity index is 2.12. The lowest BCUT2D eigenvalue weighted by atomic mass is 10.2. The average molecular weight is 396 g/mol. The molecular formula is C21H24N4O4. The van der Waals surface area contributed by atoms with E-state index in [1.54, 1.807) is 19.9 Å². The van der Waals surface area contributed by atoms with Crippen molar-refractivity contribution in [1.29, 1.82) is 0 Å². The fraction of sp³-hybridized carbons (Fsp3) is 0.286. The van der Waals surface area contributed by atoms with E-state index < -0.39 is 17.2 Å². The van der Waals surface area contributed by atoms with Crippen LogP contribution < -0.4 is 21.9 Å². The summed E-state index contributed by atoms with van der Waals surface area (Å²) < 4.78 is 6.72. The SMILES string of the molecule is CCCN(C(=O)c1cc(C)oc1C)c1c(N)n(Cc2ccccc2)c(=O)[nH]c1=O. The molecule has 8 nitrogen and oxygen atoms in total. The monoisotopic (exact) mass is 396 g/mol. The molecular weight excluding hydrogens is 372 g/mol. The van der Waals surface area contributed by atoms with Crippen LogP contribution in [-0.4, -0.2) is 22.0 Å². The molecule has 0 unspecified atom stereocenters. The molecule has 3 aromatic rings. The van der Waals surface area contributed by atoms with Crippen LogP contribution in [0.2, 0.25) is 0 Å². The second kappa shape index (κ2) is 8.22. The van der Waals surface area contributed by atoms with Gasteiger partial charge in [-0.25, -0.2) is 4.79 Å². The minimum Gasteiger partial charge on any atom is -0.466 e. The maximum atomic E-state index is 13.2. The lowest BCUT2D eigenvalue weighted by Crippen LogP contribution is -2.41. The summed E-state index contributed by atoms with van der Waals surface area (Å²) in [6.45, 7) is 5.76. The molecule has 152 valence electrons. The standard InChI is InChI=1S/C21H24N4O4/c1-4-10-24(20(27)16-11-13(2)29-14(16)3)17-18(22)25(21(28)23-19(17)26)12-15-8-6-5-7-9-15/h5-9,11H,4,10,12,22H2,1-3H3,(H,23,26,28). The lowest BCUT2D eigenvalue weighted by Gasteiger charge is -2.24. The van der Waals surface area contributed by atoms with E-state index in [9.17, 15) is 14.4 Å². The summed E-state index contributed by atoms with van der Waals surface area (Å²) in [5.41, 5.74) is 6.09. The van der Waals surface area contributed by atoms with Gasteiger partial charge in [-0.05, 0) is 31.9 Å². The molecule has 2 heterocycles. The number of aromatic amines is 1. The fourth-order valence-corrected chi connectivity index (χ4v) is 3.29. The van der Waals surface area contributed by atoms with E-state index in [4.69, 9.17) is 10.2 Å². The number of furan rings is 1. The van der Waals surface area contributed by atoms with Crippen LogP contribution in [0.4, 0.5) is 11.5 Å². The van der Waals surface area contributed by atoms with Crippen LogP contribution in [0.5, 0.6) is 0 Å². The van der Waals surface area contributed by atoms with Gasteiger partial charge in [0.1, 0.15) is 17.3 Å². The Kier molecular flexibility index (Phi) is 5.72. The molecule has 2 aromatic heterocycles. The first-order chi connectivity index (χ1) is 13.8. The van der Waals surface area contributed by atoms with Gasteiger partial charge in [0, 0.05) is 6.54 Å². The summed E-state index contributed by atoms with van der Waals surface area (Å²) in [6.07, 6.45) is 0.596. The first-order valence-electron chi connectivity index (χ1n) is 9.38. The number of rotatable bonds is 6. The Labute approximate surface area is 167 Å². The zero-order chi connectivity index (χ0) is 21.1. The molecule has 0 spiro atoms. The Morgan fingerprint density at radius 3 is 2.48 bits per heavy atom. The first kappa shape index (κ1) is 20.2. The summed E-state index contributed by atoms with van der Waals surface area (Å²) in [4.78, 5) is 41.8. The number of hydrogen-bond donors (Lipinski definition) is 2. The van der Waals surface area contributed by atoms with Crippen molar-refractivity contribution >= 4 is 17.4 Å². The van der Waals surface area contributed by atoms with Gasteiger partial charge in [0.15, 0.2) is 5.69 Å². The van der Waals surface area contributed by atoms with Crippen molar-refractivity contribution in [1.82, 2.24) is 9.55 Å². The summed E-state index contributed by atoms with van der Waals surface area (Å²) in [7, 11) is 0. The van der Waals surface area contributed by atoms with Gasteiger partial charge >= 0.3 is 5.69 Å². The molecule has 29 heavy (non-hydrogen) atoms. The third kappa shape index (κ3) is 4.01. The maximum absolute atomic E-state index is 13.2. The number of aromatic nitrogens is 2. The van der Waals surface area contributed by atoms with E-state index in [1.807, 2.05) is 37.3 Å². The van der Waals surface area contributed by atoms with Gasteiger partial charge in [-0.15, -0.1) is 0 Å². The number of hydrogen-bond acceptors (Lipinski definition) is 5. The van der Waals surface area contributed by atoms with Crippen LogP contribution >= 0.6 is 0 Å². The van der Waals surface area contributed by atoms with Crippen molar-refractivity contribution in [3.05, 3.63) is 79.9 Å². The molecule has 0 saturated heterocycles. The molecule has 0 radical (unpaired) electrons. The van der Waals surface area contributed by atoms with E-state index in [1.165, 1.54) is 9.47 Å². The Bertz CT molecular complexity index is 1140. The number of H-pyrrole nitrogens is 1. The molecule has 0 saturated carbocycles. The quantitative estimate of drug-likeness (QED) is 0.664.